The summed E-state index contributed by atoms with van der Waals surface area (Å²) in [6, 6.07) is 22.9. The summed E-state index contributed by atoms with van der Waals surface area (Å²) >= 11 is 2.72. The molecule has 10 heteroatoms. The van der Waals surface area contributed by atoms with Gasteiger partial charge in [-0.15, -0.1) is 11.3 Å². The quantitative estimate of drug-likeness (QED) is 0.285. The molecular formula is C31H23N3O5S2. The van der Waals surface area contributed by atoms with Crippen molar-refractivity contribution < 1.29 is 18.7 Å². The van der Waals surface area contributed by atoms with Crippen LogP contribution in [0.4, 0.5) is 5.69 Å². The standard InChI is InChI=1S/C31H23N3O5S2/c1-18-26(28(35)33-21-10-4-3-5-11-21)27(24-12-7-15-40-24)34-29(36)25(41-31(34)32-18)17-22-13-14-23(39-22)19-8-6-9-20(16-19)30(37)38-2/h3-17,27H,1-2H3,(H,33,35)/b25-17-. The Morgan fingerprint density at radius 2 is 1.88 bits per heavy atom. The van der Waals surface area contributed by atoms with E-state index in [1.165, 1.54) is 29.8 Å². The van der Waals surface area contributed by atoms with Crippen molar-refractivity contribution in [2.45, 2.75) is 13.0 Å². The largest absolute Gasteiger partial charge is 0.465 e. The van der Waals surface area contributed by atoms with E-state index in [1.54, 1.807) is 47.9 Å². The van der Waals surface area contributed by atoms with E-state index in [0.29, 0.717) is 48.9 Å². The van der Waals surface area contributed by atoms with Gasteiger partial charge in [0.1, 0.15) is 17.6 Å². The van der Waals surface area contributed by atoms with Crippen molar-refractivity contribution in [2.75, 3.05) is 12.4 Å². The van der Waals surface area contributed by atoms with Gasteiger partial charge in [-0.1, -0.05) is 47.7 Å². The molecule has 4 heterocycles. The molecule has 0 radical (unpaired) electrons. The van der Waals surface area contributed by atoms with E-state index >= 15 is 0 Å². The second-order valence-corrected chi connectivity index (χ2v) is 11.2. The van der Waals surface area contributed by atoms with Gasteiger partial charge >= 0.3 is 5.97 Å². The number of carbonyl (C=O) groups is 2. The summed E-state index contributed by atoms with van der Waals surface area (Å²) in [6.45, 7) is 1.79. The van der Waals surface area contributed by atoms with Crippen molar-refractivity contribution in [1.82, 2.24) is 4.57 Å². The number of thiophene rings is 1. The number of para-hydroxylation sites is 1. The van der Waals surface area contributed by atoms with Crippen LogP contribution >= 0.6 is 22.7 Å². The van der Waals surface area contributed by atoms with Crippen LogP contribution in [0, 0.1) is 0 Å². The highest BCUT2D eigenvalue weighted by molar-refractivity contribution is 7.10. The second kappa shape index (κ2) is 11.0. The molecule has 0 saturated heterocycles. The van der Waals surface area contributed by atoms with Gasteiger partial charge in [-0.3, -0.25) is 14.2 Å². The average Bonchev–Trinajstić information content (AvgIpc) is 3.74. The minimum Gasteiger partial charge on any atom is -0.465 e. The number of carbonyl (C=O) groups excluding carboxylic acids is 2. The predicted molar refractivity (Wildman–Crippen MR) is 159 cm³/mol. The molecule has 8 nitrogen and oxygen atoms in total. The van der Waals surface area contributed by atoms with Crippen LogP contribution < -0.4 is 20.2 Å². The zero-order valence-corrected chi connectivity index (χ0v) is 23.6. The Labute approximate surface area is 242 Å². The number of hydrogen-bond donors (Lipinski definition) is 1. The zero-order chi connectivity index (χ0) is 28.5. The topological polar surface area (TPSA) is 103 Å². The van der Waals surface area contributed by atoms with E-state index in [2.05, 4.69) is 10.3 Å². The number of hydrogen-bond acceptors (Lipinski definition) is 8. The van der Waals surface area contributed by atoms with E-state index in [0.717, 1.165) is 4.88 Å². The number of fused-ring (bicyclic) bond motifs is 1. The van der Waals surface area contributed by atoms with Crippen molar-refractivity contribution in [3.63, 3.8) is 0 Å². The number of benzene rings is 2. The SMILES string of the molecule is COC(=O)c1cccc(-c2ccc(/C=c3\sc4n(c3=O)C(c3cccs3)C(C(=O)Nc3ccccc3)=C(C)N=4)o2)c1. The van der Waals surface area contributed by atoms with E-state index < -0.39 is 12.0 Å². The summed E-state index contributed by atoms with van der Waals surface area (Å²) in [5.41, 5.74) is 2.47. The first kappa shape index (κ1) is 26.4. The maximum Gasteiger partial charge on any atom is 0.337 e. The number of rotatable bonds is 6. The molecule has 5 aromatic rings. The Bertz CT molecular complexity index is 1980. The molecule has 0 bridgehead atoms. The third-order valence-electron chi connectivity index (χ3n) is 6.58. The molecule has 1 aliphatic rings. The highest BCUT2D eigenvalue weighted by Gasteiger charge is 2.33. The summed E-state index contributed by atoms with van der Waals surface area (Å²) < 4.78 is 12.8. The van der Waals surface area contributed by atoms with Crippen molar-refractivity contribution in [3.8, 4) is 11.3 Å². The Morgan fingerprint density at radius 1 is 1.05 bits per heavy atom. The van der Waals surface area contributed by atoms with Crippen LogP contribution in [-0.2, 0) is 9.53 Å². The molecule has 2 aromatic carbocycles. The van der Waals surface area contributed by atoms with Crippen LogP contribution in [0.3, 0.4) is 0 Å². The molecule has 1 unspecified atom stereocenters. The third kappa shape index (κ3) is 5.10. The first-order valence-corrected chi connectivity index (χ1v) is 14.3. The number of aromatic nitrogens is 1. The molecule has 204 valence electrons. The zero-order valence-electron chi connectivity index (χ0n) is 22.0. The highest BCUT2D eigenvalue weighted by Crippen LogP contribution is 2.33. The van der Waals surface area contributed by atoms with E-state index in [1.807, 2.05) is 53.9 Å². The molecule has 1 aliphatic heterocycles. The van der Waals surface area contributed by atoms with Gasteiger partial charge in [0.2, 0.25) is 0 Å². The summed E-state index contributed by atoms with van der Waals surface area (Å²) in [6.07, 6.45) is 1.67. The Kier molecular flexibility index (Phi) is 7.08. The van der Waals surface area contributed by atoms with Crippen LogP contribution in [0.5, 0.6) is 0 Å². The lowest BCUT2D eigenvalue weighted by atomic mass is 10.0. The minimum atomic E-state index is -0.620. The van der Waals surface area contributed by atoms with Crippen LogP contribution in [0.25, 0.3) is 17.4 Å². The average molecular weight is 582 g/mol. The van der Waals surface area contributed by atoms with Crippen LogP contribution in [0.15, 0.2) is 110 Å². The van der Waals surface area contributed by atoms with Gasteiger partial charge in [-0.2, -0.15) is 0 Å². The van der Waals surface area contributed by atoms with Gasteiger partial charge in [-0.25, -0.2) is 9.79 Å². The molecule has 1 amide bonds. The van der Waals surface area contributed by atoms with Gasteiger partial charge in [0.05, 0.1) is 28.5 Å². The monoisotopic (exact) mass is 581 g/mol. The number of anilines is 1. The first-order valence-electron chi connectivity index (χ1n) is 12.6. The smallest absolute Gasteiger partial charge is 0.337 e. The molecule has 0 spiro atoms. The van der Waals surface area contributed by atoms with Gasteiger partial charge in [-0.05, 0) is 54.8 Å². The van der Waals surface area contributed by atoms with Crippen molar-refractivity contribution in [1.29, 1.82) is 0 Å². The lowest BCUT2D eigenvalue weighted by Gasteiger charge is -2.24. The number of methoxy groups -OCH3 is 1. The Balaban J connectivity index is 1.39. The summed E-state index contributed by atoms with van der Waals surface area (Å²) in [5.74, 6) is 0.267. The van der Waals surface area contributed by atoms with Crippen LogP contribution in [0.2, 0.25) is 0 Å². The number of ether oxygens (including phenoxy) is 1. The van der Waals surface area contributed by atoms with E-state index in [4.69, 9.17) is 9.15 Å². The molecule has 6 rings (SSSR count). The molecule has 1 atom stereocenters. The number of esters is 1. The van der Waals surface area contributed by atoms with Crippen LogP contribution in [0.1, 0.15) is 34.0 Å². The number of thiazole rings is 1. The normalized spacial score (nSPS) is 14.9. The Morgan fingerprint density at radius 3 is 2.63 bits per heavy atom. The molecule has 41 heavy (non-hydrogen) atoms. The maximum atomic E-state index is 13.8. The molecule has 0 aliphatic carbocycles. The number of allylic oxidation sites excluding steroid dienone is 1. The molecule has 1 N–H and O–H groups in total. The third-order valence-corrected chi connectivity index (χ3v) is 8.49. The lowest BCUT2D eigenvalue weighted by molar-refractivity contribution is -0.113. The molecule has 3 aromatic heterocycles. The molecule has 0 fully saturated rings. The summed E-state index contributed by atoms with van der Waals surface area (Å²) in [5, 5.41) is 4.87. The number of furan rings is 1. The second-order valence-electron chi connectivity index (χ2n) is 9.19. The number of nitrogens with one attached hydrogen (secondary N) is 1. The number of nitrogens with zero attached hydrogens (tertiary/aromatic N) is 2. The van der Waals surface area contributed by atoms with Gasteiger partial charge in [0.25, 0.3) is 11.5 Å². The highest BCUT2D eigenvalue weighted by atomic mass is 32.1. The van der Waals surface area contributed by atoms with E-state index in [9.17, 15) is 14.4 Å². The van der Waals surface area contributed by atoms with Crippen molar-refractivity contribution in [3.05, 3.63) is 131 Å². The predicted octanol–water partition coefficient (Wildman–Crippen LogP) is 4.98. The van der Waals surface area contributed by atoms with Gasteiger partial charge < -0.3 is 14.5 Å². The fraction of sp³-hybridized carbons (Fsp3) is 0.0968. The first-order chi connectivity index (χ1) is 19.9. The summed E-state index contributed by atoms with van der Waals surface area (Å²) in [7, 11) is 1.33. The molecular weight excluding hydrogens is 558 g/mol. The summed E-state index contributed by atoms with van der Waals surface area (Å²) in [4.78, 5) is 45.3. The van der Waals surface area contributed by atoms with Crippen molar-refractivity contribution in [2.24, 2.45) is 4.99 Å². The Hall–Kier alpha value is -4.80. The van der Waals surface area contributed by atoms with Gasteiger partial charge in [0, 0.05) is 22.2 Å². The van der Waals surface area contributed by atoms with E-state index in [-0.39, 0.29) is 11.5 Å². The number of amides is 1. The fourth-order valence-corrected chi connectivity index (χ4v) is 6.53. The maximum absolute atomic E-state index is 13.8. The van der Waals surface area contributed by atoms with Crippen LogP contribution in [-0.4, -0.2) is 23.6 Å². The molecule has 0 saturated carbocycles. The minimum absolute atomic E-state index is 0.268. The van der Waals surface area contributed by atoms with Gasteiger partial charge in [0.15, 0.2) is 4.80 Å². The van der Waals surface area contributed by atoms with Crippen molar-refractivity contribution >= 4 is 46.3 Å². The fourth-order valence-electron chi connectivity index (χ4n) is 4.68. The lowest BCUT2D eigenvalue weighted by Crippen LogP contribution is -2.40.